The maximum absolute atomic E-state index is 13.1. The van der Waals surface area contributed by atoms with Crippen LogP contribution in [0, 0.1) is 5.92 Å². The molecule has 10 heteroatoms. The van der Waals surface area contributed by atoms with Crippen LogP contribution in [-0.2, 0) is 10.0 Å². The fourth-order valence-electron chi connectivity index (χ4n) is 3.58. The first-order chi connectivity index (χ1) is 15.9. The van der Waals surface area contributed by atoms with Gasteiger partial charge in [-0.25, -0.2) is 13.4 Å². The van der Waals surface area contributed by atoms with E-state index in [9.17, 15) is 13.5 Å². The molecule has 174 valence electrons. The molecule has 33 heavy (non-hydrogen) atoms. The summed E-state index contributed by atoms with van der Waals surface area (Å²) in [6, 6.07) is 11.8. The molecule has 4 rings (SSSR count). The second kappa shape index (κ2) is 9.90. The van der Waals surface area contributed by atoms with E-state index < -0.39 is 10.0 Å². The number of sulfonamides is 1. The molecule has 1 aromatic heterocycles. The van der Waals surface area contributed by atoms with Gasteiger partial charge in [-0.05, 0) is 54.7 Å². The van der Waals surface area contributed by atoms with Crippen molar-refractivity contribution in [3.8, 4) is 22.8 Å². The van der Waals surface area contributed by atoms with E-state index in [0.717, 1.165) is 24.0 Å². The molecule has 8 nitrogen and oxygen atoms in total. The molecule has 0 saturated carbocycles. The number of thiazole rings is 1. The van der Waals surface area contributed by atoms with Crippen LogP contribution in [0.25, 0.3) is 11.3 Å². The highest BCUT2D eigenvalue weighted by Gasteiger charge is 2.28. The Labute approximate surface area is 197 Å². The van der Waals surface area contributed by atoms with Crippen molar-refractivity contribution >= 4 is 32.7 Å². The maximum Gasteiger partial charge on any atom is 0.243 e. The van der Waals surface area contributed by atoms with Gasteiger partial charge in [-0.2, -0.15) is 9.41 Å². The number of phenols is 1. The standard InChI is InChI=1S/C23H26N4O4S2/c1-16-8-10-27(11-9-16)33(29,30)19-5-3-4-18(13-19)20-15-32-23(25-20)26-24-14-17-6-7-21(28)22(12-17)31-2/h3-7,12-16,28H,8-11H2,1-2H3,(H,25,26). The van der Waals surface area contributed by atoms with Crippen LogP contribution in [-0.4, -0.2) is 49.2 Å². The minimum absolute atomic E-state index is 0.0614. The number of methoxy groups -OCH3 is 1. The molecular formula is C23H26N4O4S2. The van der Waals surface area contributed by atoms with Crippen LogP contribution in [0.1, 0.15) is 25.3 Å². The number of piperidine rings is 1. The minimum atomic E-state index is -3.52. The van der Waals surface area contributed by atoms with Gasteiger partial charge in [0.25, 0.3) is 0 Å². The first kappa shape index (κ1) is 23.2. The van der Waals surface area contributed by atoms with E-state index >= 15 is 0 Å². The monoisotopic (exact) mass is 486 g/mol. The van der Waals surface area contributed by atoms with Gasteiger partial charge in [-0.3, -0.25) is 5.43 Å². The summed E-state index contributed by atoms with van der Waals surface area (Å²) in [5.41, 5.74) is 5.04. The Hall–Kier alpha value is -2.95. The molecule has 0 aliphatic carbocycles. The van der Waals surface area contributed by atoms with Crippen LogP contribution in [0.15, 0.2) is 57.8 Å². The van der Waals surface area contributed by atoms with Crippen LogP contribution < -0.4 is 10.2 Å². The first-order valence-electron chi connectivity index (χ1n) is 10.6. The number of anilines is 1. The molecule has 2 N–H and O–H groups in total. The van der Waals surface area contributed by atoms with E-state index in [0.29, 0.717) is 35.6 Å². The quantitative estimate of drug-likeness (QED) is 0.379. The van der Waals surface area contributed by atoms with Gasteiger partial charge in [0.1, 0.15) is 0 Å². The van der Waals surface area contributed by atoms with Crippen LogP contribution in [0.4, 0.5) is 5.13 Å². The zero-order valence-corrected chi connectivity index (χ0v) is 20.1. The largest absolute Gasteiger partial charge is 0.504 e. The van der Waals surface area contributed by atoms with Crippen molar-refractivity contribution in [2.24, 2.45) is 11.0 Å². The number of rotatable bonds is 7. The van der Waals surface area contributed by atoms with Gasteiger partial charge in [0.05, 0.1) is 23.9 Å². The molecule has 0 radical (unpaired) electrons. The zero-order chi connectivity index (χ0) is 23.4. The van der Waals surface area contributed by atoms with E-state index in [2.05, 4.69) is 22.4 Å². The number of aromatic hydroxyl groups is 1. The van der Waals surface area contributed by atoms with Gasteiger partial charge in [-0.15, -0.1) is 11.3 Å². The lowest BCUT2D eigenvalue weighted by atomic mass is 10.0. The lowest BCUT2D eigenvalue weighted by Gasteiger charge is -2.29. The second-order valence-electron chi connectivity index (χ2n) is 7.95. The van der Waals surface area contributed by atoms with Crippen molar-refractivity contribution in [2.75, 3.05) is 25.6 Å². The molecule has 0 amide bonds. The number of phenolic OH excluding ortho intramolecular Hbond substituents is 1. The summed E-state index contributed by atoms with van der Waals surface area (Å²) in [6.45, 7) is 3.27. The third kappa shape index (κ3) is 5.35. The molecule has 1 aliphatic heterocycles. The Bertz CT molecular complexity index is 1250. The topological polar surface area (TPSA) is 104 Å². The summed E-state index contributed by atoms with van der Waals surface area (Å²) in [5.74, 6) is 0.984. The van der Waals surface area contributed by atoms with Crippen LogP contribution in [0.5, 0.6) is 11.5 Å². The second-order valence-corrected chi connectivity index (χ2v) is 10.7. The Morgan fingerprint density at radius 1 is 1.24 bits per heavy atom. The van der Waals surface area contributed by atoms with Gasteiger partial charge in [0.2, 0.25) is 15.2 Å². The van der Waals surface area contributed by atoms with Gasteiger partial charge in [-0.1, -0.05) is 19.1 Å². The molecule has 2 heterocycles. The van der Waals surface area contributed by atoms with Crippen molar-refractivity contribution in [1.82, 2.24) is 9.29 Å². The van der Waals surface area contributed by atoms with E-state index in [1.54, 1.807) is 40.9 Å². The fraction of sp³-hybridized carbons (Fsp3) is 0.304. The maximum atomic E-state index is 13.1. The number of nitrogens with zero attached hydrogens (tertiary/aromatic N) is 3. The van der Waals surface area contributed by atoms with Crippen LogP contribution in [0.2, 0.25) is 0 Å². The molecule has 0 spiro atoms. The normalized spacial score (nSPS) is 15.7. The van der Waals surface area contributed by atoms with Gasteiger partial charge in [0.15, 0.2) is 11.5 Å². The Balaban J connectivity index is 1.46. The summed E-state index contributed by atoms with van der Waals surface area (Å²) in [4.78, 5) is 4.81. The number of hydrogen-bond acceptors (Lipinski definition) is 8. The Morgan fingerprint density at radius 3 is 2.79 bits per heavy atom. The number of hydrazone groups is 1. The van der Waals surface area contributed by atoms with Crippen LogP contribution >= 0.6 is 11.3 Å². The molecule has 0 unspecified atom stereocenters. The number of aromatic nitrogens is 1. The smallest absolute Gasteiger partial charge is 0.243 e. The molecule has 0 bridgehead atoms. The third-order valence-corrected chi connectivity index (χ3v) is 8.23. The van der Waals surface area contributed by atoms with Gasteiger partial charge in [0, 0.05) is 24.0 Å². The Kier molecular flexibility index (Phi) is 6.96. The predicted molar refractivity (Wildman–Crippen MR) is 131 cm³/mol. The lowest BCUT2D eigenvalue weighted by molar-refractivity contribution is 0.288. The van der Waals surface area contributed by atoms with Crippen molar-refractivity contribution in [2.45, 2.75) is 24.7 Å². The predicted octanol–water partition coefficient (Wildman–Crippen LogP) is 4.39. The zero-order valence-electron chi connectivity index (χ0n) is 18.4. The third-order valence-electron chi connectivity index (χ3n) is 5.59. The SMILES string of the molecule is COc1cc(C=NNc2nc(-c3cccc(S(=O)(=O)N4CCC(C)CC4)c3)cs2)ccc1O. The average Bonchev–Trinajstić information content (AvgIpc) is 3.29. The minimum Gasteiger partial charge on any atom is -0.504 e. The lowest BCUT2D eigenvalue weighted by Crippen LogP contribution is -2.37. The summed E-state index contributed by atoms with van der Waals surface area (Å²) in [6.07, 6.45) is 3.37. The summed E-state index contributed by atoms with van der Waals surface area (Å²) in [5, 5.41) is 16.3. The first-order valence-corrected chi connectivity index (χ1v) is 12.9. The van der Waals surface area contributed by atoms with Crippen molar-refractivity contribution in [1.29, 1.82) is 0 Å². The molecule has 1 aliphatic rings. The van der Waals surface area contributed by atoms with Crippen molar-refractivity contribution < 1.29 is 18.3 Å². The number of benzene rings is 2. The van der Waals surface area contributed by atoms with E-state index in [1.807, 2.05) is 11.4 Å². The molecule has 2 aromatic carbocycles. The molecular weight excluding hydrogens is 460 g/mol. The molecule has 1 fully saturated rings. The fourth-order valence-corrected chi connectivity index (χ4v) is 5.77. The average molecular weight is 487 g/mol. The molecule has 0 atom stereocenters. The van der Waals surface area contributed by atoms with Gasteiger partial charge < -0.3 is 9.84 Å². The summed E-state index contributed by atoms with van der Waals surface area (Å²) >= 11 is 1.37. The van der Waals surface area contributed by atoms with E-state index in [-0.39, 0.29) is 10.6 Å². The summed E-state index contributed by atoms with van der Waals surface area (Å²) in [7, 11) is -2.04. The summed E-state index contributed by atoms with van der Waals surface area (Å²) < 4.78 is 32.8. The highest BCUT2D eigenvalue weighted by molar-refractivity contribution is 7.89. The molecule has 3 aromatic rings. The van der Waals surface area contributed by atoms with E-state index in [4.69, 9.17) is 4.74 Å². The number of ether oxygens (including phenoxy) is 1. The highest BCUT2D eigenvalue weighted by atomic mass is 32.2. The Morgan fingerprint density at radius 2 is 2.03 bits per heavy atom. The number of nitrogens with one attached hydrogen (secondary N) is 1. The van der Waals surface area contributed by atoms with Crippen molar-refractivity contribution in [3.05, 3.63) is 53.4 Å². The van der Waals surface area contributed by atoms with E-state index in [1.165, 1.54) is 24.5 Å². The number of hydrogen-bond donors (Lipinski definition) is 2. The van der Waals surface area contributed by atoms with Crippen molar-refractivity contribution in [3.63, 3.8) is 0 Å². The highest BCUT2D eigenvalue weighted by Crippen LogP contribution is 2.29. The molecule has 1 saturated heterocycles. The van der Waals surface area contributed by atoms with Crippen LogP contribution in [0.3, 0.4) is 0 Å². The van der Waals surface area contributed by atoms with Gasteiger partial charge >= 0.3 is 0 Å².